The van der Waals surface area contributed by atoms with Gasteiger partial charge in [0.1, 0.15) is 24.2 Å². The summed E-state index contributed by atoms with van der Waals surface area (Å²) >= 11 is 0. The maximum Gasteiger partial charge on any atom is 0.254 e. The van der Waals surface area contributed by atoms with Gasteiger partial charge in [0.15, 0.2) is 0 Å². The van der Waals surface area contributed by atoms with Gasteiger partial charge < -0.3 is 19.1 Å². The van der Waals surface area contributed by atoms with Crippen LogP contribution in [0.15, 0.2) is 48.8 Å². The highest BCUT2D eigenvalue weighted by molar-refractivity contribution is 5.95. The van der Waals surface area contributed by atoms with Crippen molar-refractivity contribution in [2.45, 2.75) is 43.9 Å². The molecular weight excluding hydrogens is 356 g/mol. The smallest absolute Gasteiger partial charge is 0.254 e. The van der Waals surface area contributed by atoms with Crippen LogP contribution in [0.1, 0.15) is 36.0 Å². The van der Waals surface area contributed by atoms with Gasteiger partial charge in [-0.25, -0.2) is 0 Å². The average molecular weight is 382 g/mol. The van der Waals surface area contributed by atoms with Crippen molar-refractivity contribution in [2.24, 2.45) is 0 Å². The molecule has 0 saturated carbocycles. The van der Waals surface area contributed by atoms with Gasteiger partial charge in [0.2, 0.25) is 0 Å². The highest BCUT2D eigenvalue weighted by atomic mass is 16.5. The molecule has 0 aliphatic carbocycles. The highest BCUT2D eigenvalue weighted by Crippen LogP contribution is 2.38. The van der Waals surface area contributed by atoms with E-state index >= 15 is 0 Å². The quantitative estimate of drug-likeness (QED) is 0.688. The zero-order valence-electron chi connectivity index (χ0n) is 16.1. The molecule has 2 aliphatic heterocycles. The Morgan fingerprint density at radius 1 is 1.07 bits per heavy atom. The van der Waals surface area contributed by atoms with Gasteiger partial charge in [-0.05, 0) is 49.2 Å². The highest BCUT2D eigenvalue weighted by Gasteiger charge is 2.44. The van der Waals surface area contributed by atoms with Crippen molar-refractivity contribution in [3.05, 3.63) is 54.4 Å². The summed E-state index contributed by atoms with van der Waals surface area (Å²) in [6.07, 6.45) is 7.46. The molecule has 0 spiro atoms. The minimum absolute atomic E-state index is 0.107. The number of amides is 1. The van der Waals surface area contributed by atoms with Crippen LogP contribution >= 0.6 is 0 Å². The fraction of sp³-hybridized carbons (Fsp3) is 0.455. The molecule has 2 aliphatic rings. The Hall–Kier alpha value is -2.60. The fourth-order valence-corrected chi connectivity index (χ4v) is 4.25. The van der Waals surface area contributed by atoms with Crippen molar-refractivity contribution >= 4 is 5.91 Å². The van der Waals surface area contributed by atoms with Crippen LogP contribution in [0.5, 0.6) is 11.5 Å². The fourth-order valence-electron chi connectivity index (χ4n) is 4.25. The molecule has 1 aromatic carbocycles. The topological polar surface area (TPSA) is 60.9 Å². The normalized spacial score (nSPS) is 23.5. The van der Waals surface area contributed by atoms with E-state index in [1.807, 2.05) is 36.4 Å². The lowest BCUT2D eigenvalue weighted by molar-refractivity contribution is 0.0358. The number of aromatic nitrogens is 1. The van der Waals surface area contributed by atoms with Gasteiger partial charge in [-0.2, -0.15) is 0 Å². The lowest BCUT2D eigenvalue weighted by Crippen LogP contribution is -2.49. The summed E-state index contributed by atoms with van der Waals surface area (Å²) < 4.78 is 16.7. The van der Waals surface area contributed by atoms with Gasteiger partial charge in [0, 0.05) is 43.8 Å². The van der Waals surface area contributed by atoms with E-state index in [9.17, 15) is 4.79 Å². The summed E-state index contributed by atoms with van der Waals surface area (Å²) in [7, 11) is 1.64. The summed E-state index contributed by atoms with van der Waals surface area (Å²) in [5.74, 6) is 1.66. The Morgan fingerprint density at radius 2 is 1.82 bits per heavy atom. The molecule has 2 aromatic rings. The maximum absolute atomic E-state index is 13.1. The average Bonchev–Trinajstić information content (AvgIpc) is 2.99. The first-order chi connectivity index (χ1) is 13.7. The third-order valence-electron chi connectivity index (χ3n) is 5.52. The lowest BCUT2D eigenvalue weighted by Gasteiger charge is -2.39. The Balaban J connectivity index is 1.38. The predicted octanol–water partition coefficient (Wildman–Crippen LogP) is 3.32. The SMILES string of the molecule is COCCOc1ccc(C(=O)N2C3CCC2CC(Oc2cccnc2)C3)cc1. The van der Waals surface area contributed by atoms with Crippen LogP contribution in [0, 0.1) is 0 Å². The van der Waals surface area contributed by atoms with Crippen molar-refractivity contribution in [3.8, 4) is 11.5 Å². The van der Waals surface area contributed by atoms with Crippen LogP contribution in [0.4, 0.5) is 0 Å². The van der Waals surface area contributed by atoms with Crippen molar-refractivity contribution in [3.63, 3.8) is 0 Å². The number of carbonyl (C=O) groups is 1. The van der Waals surface area contributed by atoms with E-state index in [-0.39, 0.29) is 24.1 Å². The molecule has 4 rings (SSSR count). The summed E-state index contributed by atoms with van der Waals surface area (Å²) in [5, 5.41) is 0. The van der Waals surface area contributed by atoms with E-state index in [1.165, 1.54) is 0 Å². The van der Waals surface area contributed by atoms with Crippen LogP contribution in [0.3, 0.4) is 0 Å². The van der Waals surface area contributed by atoms with Crippen molar-refractivity contribution < 1.29 is 19.0 Å². The molecule has 3 heterocycles. The Morgan fingerprint density at radius 3 is 2.46 bits per heavy atom. The zero-order chi connectivity index (χ0) is 19.3. The second-order valence-corrected chi connectivity index (χ2v) is 7.36. The number of fused-ring (bicyclic) bond motifs is 2. The van der Waals surface area contributed by atoms with Crippen molar-refractivity contribution in [2.75, 3.05) is 20.3 Å². The van der Waals surface area contributed by atoms with Gasteiger partial charge >= 0.3 is 0 Å². The molecule has 2 bridgehead atoms. The second-order valence-electron chi connectivity index (χ2n) is 7.36. The molecule has 1 amide bonds. The number of nitrogens with zero attached hydrogens (tertiary/aromatic N) is 2. The number of piperidine rings is 1. The lowest BCUT2D eigenvalue weighted by atomic mass is 9.98. The number of hydrogen-bond acceptors (Lipinski definition) is 5. The molecule has 0 radical (unpaired) electrons. The summed E-state index contributed by atoms with van der Waals surface area (Å²) in [5.41, 5.74) is 0.711. The molecular formula is C22H26N2O4. The third-order valence-corrected chi connectivity index (χ3v) is 5.52. The van der Waals surface area contributed by atoms with Crippen molar-refractivity contribution in [1.82, 2.24) is 9.88 Å². The molecule has 6 heteroatoms. The molecule has 148 valence electrons. The number of hydrogen-bond donors (Lipinski definition) is 0. The van der Waals surface area contributed by atoms with Crippen LogP contribution in [0.2, 0.25) is 0 Å². The molecule has 28 heavy (non-hydrogen) atoms. The first-order valence-corrected chi connectivity index (χ1v) is 9.85. The Labute approximate surface area is 165 Å². The number of ether oxygens (including phenoxy) is 3. The van der Waals surface area contributed by atoms with E-state index in [0.717, 1.165) is 37.2 Å². The van der Waals surface area contributed by atoms with Gasteiger partial charge in [-0.3, -0.25) is 9.78 Å². The molecule has 2 unspecified atom stereocenters. The predicted molar refractivity (Wildman–Crippen MR) is 105 cm³/mol. The molecule has 0 N–H and O–H groups in total. The van der Waals surface area contributed by atoms with Gasteiger partial charge in [0.25, 0.3) is 5.91 Å². The standard InChI is InChI=1S/C22H26N2O4/c1-26-11-12-27-19-8-4-16(5-9-19)22(25)24-17-6-7-18(24)14-21(13-17)28-20-3-2-10-23-15-20/h2-5,8-10,15,17-18,21H,6-7,11-14H2,1H3. The van der Waals surface area contributed by atoms with Crippen LogP contribution in [-0.4, -0.2) is 54.3 Å². The van der Waals surface area contributed by atoms with E-state index in [2.05, 4.69) is 9.88 Å². The number of methoxy groups -OCH3 is 1. The molecule has 1 aromatic heterocycles. The van der Waals surface area contributed by atoms with Crippen LogP contribution in [-0.2, 0) is 4.74 Å². The van der Waals surface area contributed by atoms with E-state index in [0.29, 0.717) is 18.8 Å². The van der Waals surface area contributed by atoms with Gasteiger partial charge in [-0.15, -0.1) is 0 Å². The van der Waals surface area contributed by atoms with Gasteiger partial charge in [0.05, 0.1) is 12.8 Å². The van der Waals surface area contributed by atoms with E-state index in [1.54, 1.807) is 19.5 Å². The molecule has 2 atom stereocenters. The number of pyridine rings is 1. The van der Waals surface area contributed by atoms with Crippen LogP contribution < -0.4 is 9.47 Å². The minimum Gasteiger partial charge on any atom is -0.491 e. The Kier molecular flexibility index (Phi) is 5.76. The first-order valence-electron chi connectivity index (χ1n) is 9.85. The van der Waals surface area contributed by atoms with Crippen LogP contribution in [0.25, 0.3) is 0 Å². The molecule has 6 nitrogen and oxygen atoms in total. The van der Waals surface area contributed by atoms with Crippen molar-refractivity contribution in [1.29, 1.82) is 0 Å². The summed E-state index contributed by atoms with van der Waals surface area (Å²) in [6.45, 7) is 1.04. The second kappa shape index (κ2) is 8.61. The zero-order valence-corrected chi connectivity index (χ0v) is 16.1. The molecule has 2 fully saturated rings. The largest absolute Gasteiger partial charge is 0.491 e. The molecule has 2 saturated heterocycles. The number of carbonyl (C=O) groups excluding carboxylic acids is 1. The first kappa shape index (κ1) is 18.7. The monoisotopic (exact) mass is 382 g/mol. The van der Waals surface area contributed by atoms with E-state index < -0.39 is 0 Å². The maximum atomic E-state index is 13.1. The third kappa shape index (κ3) is 4.12. The summed E-state index contributed by atoms with van der Waals surface area (Å²) in [4.78, 5) is 19.3. The number of rotatable bonds is 7. The van der Waals surface area contributed by atoms with Gasteiger partial charge in [-0.1, -0.05) is 0 Å². The Bertz CT molecular complexity index is 767. The summed E-state index contributed by atoms with van der Waals surface area (Å²) in [6, 6.07) is 11.7. The number of benzene rings is 1. The minimum atomic E-state index is 0.107. The van der Waals surface area contributed by atoms with E-state index in [4.69, 9.17) is 14.2 Å².